The smallest absolute Gasteiger partial charge is 0.148 e. The maximum absolute atomic E-state index is 10.8. The van der Waals surface area contributed by atoms with E-state index in [4.69, 9.17) is 4.98 Å². The molecule has 3 heterocycles. The van der Waals surface area contributed by atoms with E-state index in [-0.39, 0.29) is 0 Å². The summed E-state index contributed by atoms with van der Waals surface area (Å²) in [6, 6.07) is 101. The van der Waals surface area contributed by atoms with Crippen LogP contribution in [-0.4, -0.2) is 14.1 Å². The number of aromatic nitrogens is 3. The van der Waals surface area contributed by atoms with E-state index < -0.39 is 0 Å². The second-order valence-electron chi connectivity index (χ2n) is 19.7. The number of pyridine rings is 1. The van der Waals surface area contributed by atoms with Crippen LogP contribution in [0.15, 0.2) is 273 Å². The molecular weight excluding hydrogens is 947 g/mol. The van der Waals surface area contributed by atoms with Gasteiger partial charge >= 0.3 is 0 Å². The van der Waals surface area contributed by atoms with Crippen LogP contribution in [0.1, 0.15) is 11.1 Å². The fraction of sp³-hybridized carbons (Fsp3) is 0. The van der Waals surface area contributed by atoms with Gasteiger partial charge in [0, 0.05) is 38.2 Å². The molecule has 0 spiro atoms. The highest BCUT2D eigenvalue weighted by Gasteiger charge is 2.30. The maximum atomic E-state index is 10.8. The Bertz CT molecular complexity index is 4250. The molecule has 0 unspecified atom stereocenters. The van der Waals surface area contributed by atoms with Gasteiger partial charge < -0.3 is 0 Å². The standard InChI is InChI=1S/C73H45N5/c74-46-59-32-31-58(41-60(59)47-75)69-70(52-27-15-5-16-28-52)72(77-65-37-33-54(48-19-7-1-8-20-48)42-61(65)62-43-55(34-38-66(62)77)49-21-9-2-10-22-49)76-73(71(69)53-29-17-6-18-30-53)78-67-39-35-56(50-23-11-3-12-24-50)44-63(67)64-45-57(36-40-68(64)78)51-25-13-4-14-26-51/h1-45H. The molecule has 362 valence electrons. The number of hydrogen-bond donors (Lipinski definition) is 0. The van der Waals surface area contributed by atoms with Gasteiger partial charge in [-0.3, -0.25) is 9.13 Å². The predicted molar refractivity (Wildman–Crippen MR) is 320 cm³/mol. The minimum Gasteiger partial charge on any atom is -0.293 e. The first-order valence-corrected chi connectivity index (χ1v) is 26.1. The van der Waals surface area contributed by atoms with E-state index in [2.05, 4.69) is 264 Å². The van der Waals surface area contributed by atoms with Gasteiger partial charge in [0.15, 0.2) is 0 Å². The molecule has 0 saturated carbocycles. The summed E-state index contributed by atoms with van der Waals surface area (Å²) < 4.78 is 4.70. The normalized spacial score (nSPS) is 11.3. The van der Waals surface area contributed by atoms with Crippen LogP contribution in [0.3, 0.4) is 0 Å². The lowest BCUT2D eigenvalue weighted by atomic mass is 9.86. The summed E-state index contributed by atoms with van der Waals surface area (Å²) in [4.78, 5) is 6.20. The molecule has 3 aromatic heterocycles. The molecule has 0 radical (unpaired) electrons. The highest BCUT2D eigenvalue weighted by Crippen LogP contribution is 2.50. The third-order valence-corrected chi connectivity index (χ3v) is 15.2. The third kappa shape index (κ3) is 7.74. The molecule has 0 fully saturated rings. The van der Waals surface area contributed by atoms with E-state index >= 15 is 0 Å². The fourth-order valence-electron chi connectivity index (χ4n) is 11.6. The van der Waals surface area contributed by atoms with Crippen molar-refractivity contribution in [3.8, 4) is 102 Å². The van der Waals surface area contributed by atoms with Crippen LogP contribution in [0.5, 0.6) is 0 Å². The van der Waals surface area contributed by atoms with Crippen molar-refractivity contribution in [1.29, 1.82) is 10.5 Å². The Morgan fingerprint density at radius 1 is 0.244 bits per heavy atom. The Morgan fingerprint density at radius 3 is 0.821 bits per heavy atom. The highest BCUT2D eigenvalue weighted by molar-refractivity contribution is 6.15. The molecule has 0 amide bonds. The lowest BCUT2D eigenvalue weighted by Crippen LogP contribution is -2.10. The predicted octanol–water partition coefficient (Wildman–Crippen LogP) is 18.7. The Morgan fingerprint density at radius 2 is 0.526 bits per heavy atom. The van der Waals surface area contributed by atoms with Crippen molar-refractivity contribution in [3.63, 3.8) is 0 Å². The van der Waals surface area contributed by atoms with E-state index in [1.165, 1.54) is 0 Å². The van der Waals surface area contributed by atoms with Crippen LogP contribution in [0.4, 0.5) is 0 Å². The molecule has 14 rings (SSSR count). The van der Waals surface area contributed by atoms with Gasteiger partial charge in [-0.1, -0.05) is 212 Å². The van der Waals surface area contributed by atoms with Crippen molar-refractivity contribution >= 4 is 43.6 Å². The molecule has 0 aliphatic carbocycles. The van der Waals surface area contributed by atoms with E-state index in [0.29, 0.717) is 22.8 Å². The van der Waals surface area contributed by atoms with Gasteiger partial charge in [0.05, 0.1) is 33.2 Å². The molecule has 11 aromatic carbocycles. The van der Waals surface area contributed by atoms with Crippen LogP contribution in [0.25, 0.3) is 133 Å². The quantitative estimate of drug-likeness (QED) is 0.145. The summed E-state index contributed by atoms with van der Waals surface area (Å²) >= 11 is 0. The van der Waals surface area contributed by atoms with Gasteiger partial charge in [0.25, 0.3) is 0 Å². The Labute approximate surface area is 451 Å². The van der Waals surface area contributed by atoms with Crippen LogP contribution < -0.4 is 0 Å². The molecule has 0 aliphatic heterocycles. The van der Waals surface area contributed by atoms with E-state index in [9.17, 15) is 10.5 Å². The zero-order chi connectivity index (χ0) is 52.1. The summed E-state index contributed by atoms with van der Waals surface area (Å²) in [5.74, 6) is 1.43. The minimum atomic E-state index is 0.297. The summed E-state index contributed by atoms with van der Waals surface area (Å²) in [5.41, 5.74) is 18.8. The second kappa shape index (κ2) is 19.1. The van der Waals surface area contributed by atoms with Crippen molar-refractivity contribution in [2.45, 2.75) is 0 Å². The van der Waals surface area contributed by atoms with Crippen molar-refractivity contribution < 1.29 is 0 Å². The van der Waals surface area contributed by atoms with Gasteiger partial charge in [0.2, 0.25) is 0 Å². The lowest BCUT2D eigenvalue weighted by Gasteiger charge is -2.25. The number of fused-ring (bicyclic) bond motifs is 6. The maximum Gasteiger partial charge on any atom is 0.148 e. The van der Waals surface area contributed by atoms with Crippen molar-refractivity contribution in [2.75, 3.05) is 0 Å². The first-order valence-electron chi connectivity index (χ1n) is 26.1. The van der Waals surface area contributed by atoms with Crippen LogP contribution in [0, 0.1) is 22.7 Å². The summed E-state index contributed by atoms with van der Waals surface area (Å²) in [5, 5.41) is 25.5. The molecule has 0 atom stereocenters. The van der Waals surface area contributed by atoms with E-state index in [1.54, 1.807) is 6.07 Å². The SMILES string of the molecule is N#Cc1ccc(-c2c(-c3ccccc3)c(-n3c4ccc(-c5ccccc5)cc4c4cc(-c5ccccc5)ccc43)nc(-n3c4ccc(-c5ccccc5)cc4c4cc(-c5ccccc5)ccc43)c2-c2ccccc2)cc1C#N. The lowest BCUT2D eigenvalue weighted by molar-refractivity contribution is 1.02. The number of nitrogens with zero attached hydrogens (tertiary/aromatic N) is 5. The number of hydrogen-bond acceptors (Lipinski definition) is 3. The Kier molecular flexibility index (Phi) is 11.2. The molecule has 0 aliphatic rings. The zero-order valence-electron chi connectivity index (χ0n) is 42.2. The molecule has 14 aromatic rings. The molecule has 78 heavy (non-hydrogen) atoms. The van der Waals surface area contributed by atoms with Gasteiger partial charge in [-0.05, 0) is 122 Å². The zero-order valence-corrected chi connectivity index (χ0v) is 42.2. The summed E-state index contributed by atoms with van der Waals surface area (Å²) in [7, 11) is 0. The van der Waals surface area contributed by atoms with Gasteiger partial charge in [-0.2, -0.15) is 10.5 Å². The molecule has 0 bridgehead atoms. The van der Waals surface area contributed by atoms with Gasteiger partial charge in [0.1, 0.15) is 23.8 Å². The molecule has 0 N–H and O–H groups in total. The number of nitriles is 2. The Hall–Kier alpha value is -10.9. The first kappa shape index (κ1) is 45.7. The van der Waals surface area contributed by atoms with Crippen molar-refractivity contribution in [2.24, 2.45) is 0 Å². The van der Waals surface area contributed by atoms with E-state index in [0.717, 1.165) is 122 Å². The first-order chi connectivity index (χ1) is 38.6. The molecule has 5 nitrogen and oxygen atoms in total. The van der Waals surface area contributed by atoms with Crippen LogP contribution in [0.2, 0.25) is 0 Å². The number of benzene rings is 11. The summed E-state index contributed by atoms with van der Waals surface area (Å²) in [6.07, 6.45) is 0. The monoisotopic (exact) mass is 991 g/mol. The van der Waals surface area contributed by atoms with Crippen molar-refractivity contribution in [1.82, 2.24) is 14.1 Å². The third-order valence-electron chi connectivity index (χ3n) is 15.2. The minimum absolute atomic E-state index is 0.297. The topological polar surface area (TPSA) is 70.3 Å². The fourth-order valence-corrected chi connectivity index (χ4v) is 11.6. The van der Waals surface area contributed by atoms with Gasteiger partial charge in [-0.25, -0.2) is 4.98 Å². The van der Waals surface area contributed by atoms with Gasteiger partial charge in [-0.15, -0.1) is 0 Å². The van der Waals surface area contributed by atoms with Crippen LogP contribution >= 0.6 is 0 Å². The summed E-state index contributed by atoms with van der Waals surface area (Å²) in [6.45, 7) is 0. The van der Waals surface area contributed by atoms with Crippen LogP contribution in [-0.2, 0) is 0 Å². The largest absolute Gasteiger partial charge is 0.293 e. The Balaban J connectivity index is 1.19. The number of rotatable bonds is 9. The average Bonchev–Trinajstić information content (AvgIpc) is 4.04. The highest BCUT2D eigenvalue weighted by atomic mass is 15.1. The average molecular weight is 992 g/mol. The van der Waals surface area contributed by atoms with Crippen molar-refractivity contribution in [3.05, 3.63) is 284 Å². The molecule has 0 saturated heterocycles. The van der Waals surface area contributed by atoms with E-state index in [1.807, 2.05) is 24.3 Å². The molecular formula is C73H45N5. The molecule has 5 heteroatoms. The second-order valence-corrected chi connectivity index (χ2v) is 19.7.